The van der Waals surface area contributed by atoms with Gasteiger partial charge in [0.25, 0.3) is 17.4 Å². The molecule has 2 aromatic carbocycles. The maximum atomic E-state index is 12.3. The van der Waals surface area contributed by atoms with Crippen molar-refractivity contribution in [2.75, 3.05) is 13.1 Å². The first-order chi connectivity index (χ1) is 13.9. The molecule has 0 radical (unpaired) electrons. The van der Waals surface area contributed by atoms with Crippen molar-refractivity contribution in [1.29, 1.82) is 0 Å². The van der Waals surface area contributed by atoms with Crippen LogP contribution in [0.1, 0.15) is 31.8 Å². The molecule has 2 N–H and O–H groups in total. The van der Waals surface area contributed by atoms with E-state index in [2.05, 4.69) is 10.3 Å². The van der Waals surface area contributed by atoms with Crippen LogP contribution in [-0.2, 0) is 11.2 Å². The third kappa shape index (κ3) is 3.54. The number of aryl methyl sites for hydroxylation is 1. The molecule has 0 fully saturated rings. The quantitative estimate of drug-likeness (QED) is 0.650. The van der Waals surface area contributed by atoms with Gasteiger partial charge in [0.2, 0.25) is 5.91 Å². The van der Waals surface area contributed by atoms with Crippen LogP contribution in [0.15, 0.2) is 53.3 Å². The number of carbonyl (C=O) groups excluding carboxylic acids is 3. The van der Waals surface area contributed by atoms with Crippen LogP contribution in [-0.4, -0.2) is 40.7 Å². The van der Waals surface area contributed by atoms with Gasteiger partial charge in [0.1, 0.15) is 6.54 Å². The van der Waals surface area contributed by atoms with Crippen LogP contribution in [0.3, 0.4) is 0 Å². The fourth-order valence-electron chi connectivity index (χ4n) is 3.46. The summed E-state index contributed by atoms with van der Waals surface area (Å²) in [4.78, 5) is 52.9. The van der Waals surface area contributed by atoms with Gasteiger partial charge in [0.05, 0.1) is 11.1 Å². The van der Waals surface area contributed by atoms with E-state index in [4.69, 9.17) is 0 Å². The number of amides is 3. The van der Waals surface area contributed by atoms with Gasteiger partial charge in [-0.3, -0.25) is 24.1 Å². The molecule has 0 saturated carbocycles. The number of aromatic amines is 1. The average molecular weight is 389 g/mol. The Morgan fingerprint density at radius 1 is 1.00 bits per heavy atom. The van der Waals surface area contributed by atoms with E-state index < -0.39 is 17.7 Å². The highest BCUT2D eigenvalue weighted by atomic mass is 16.2. The number of nitrogens with one attached hydrogen (secondary N) is 2. The summed E-state index contributed by atoms with van der Waals surface area (Å²) in [5.74, 6) is -1.39. The fourth-order valence-corrected chi connectivity index (χ4v) is 3.46. The summed E-state index contributed by atoms with van der Waals surface area (Å²) < 4.78 is 0. The van der Waals surface area contributed by atoms with Crippen LogP contribution in [0, 0.1) is 6.92 Å². The Bertz CT molecular complexity index is 1180. The van der Waals surface area contributed by atoms with E-state index in [9.17, 15) is 19.2 Å². The van der Waals surface area contributed by atoms with Crippen LogP contribution in [0.5, 0.6) is 0 Å². The minimum atomic E-state index is -0.470. The molecule has 7 heteroatoms. The lowest BCUT2D eigenvalue weighted by Gasteiger charge is -2.13. The van der Waals surface area contributed by atoms with Gasteiger partial charge < -0.3 is 10.3 Å². The summed E-state index contributed by atoms with van der Waals surface area (Å²) in [6.07, 6.45) is 0.340. The van der Waals surface area contributed by atoms with Crippen molar-refractivity contribution in [2.45, 2.75) is 13.3 Å². The molecule has 0 atom stereocenters. The molecular weight excluding hydrogens is 370 g/mol. The lowest BCUT2D eigenvalue weighted by Crippen LogP contribution is -2.41. The normalized spacial score (nSPS) is 13.1. The Morgan fingerprint density at radius 2 is 1.69 bits per heavy atom. The van der Waals surface area contributed by atoms with E-state index in [1.54, 1.807) is 24.3 Å². The molecule has 7 nitrogen and oxygen atoms in total. The second-order valence-corrected chi connectivity index (χ2v) is 7.06. The number of nitrogens with zero attached hydrogens (tertiary/aromatic N) is 1. The van der Waals surface area contributed by atoms with Gasteiger partial charge >= 0.3 is 0 Å². The summed E-state index contributed by atoms with van der Waals surface area (Å²) in [6.45, 7) is 1.83. The highest BCUT2D eigenvalue weighted by Crippen LogP contribution is 2.21. The van der Waals surface area contributed by atoms with Crippen molar-refractivity contribution < 1.29 is 14.4 Å². The van der Waals surface area contributed by atoms with Crippen molar-refractivity contribution >= 4 is 28.6 Å². The summed E-state index contributed by atoms with van der Waals surface area (Å²) in [7, 11) is 0. The van der Waals surface area contributed by atoms with Crippen molar-refractivity contribution in [3.8, 4) is 0 Å². The molecular formula is C22H19N3O4. The van der Waals surface area contributed by atoms with Gasteiger partial charge in [-0.2, -0.15) is 0 Å². The van der Waals surface area contributed by atoms with Crippen LogP contribution in [0.25, 0.3) is 10.9 Å². The molecule has 146 valence electrons. The van der Waals surface area contributed by atoms with Gasteiger partial charge in [-0.25, -0.2) is 0 Å². The molecule has 3 amide bonds. The first kappa shape index (κ1) is 18.6. The number of carbonyl (C=O) groups is 3. The molecule has 1 aliphatic rings. The molecule has 0 saturated heterocycles. The fraction of sp³-hybridized carbons (Fsp3) is 0.182. The van der Waals surface area contributed by atoms with Crippen LogP contribution >= 0.6 is 0 Å². The minimum Gasteiger partial charge on any atom is -0.354 e. The Labute approximate surface area is 166 Å². The molecule has 4 rings (SSSR count). The number of hydrogen-bond donors (Lipinski definition) is 2. The average Bonchev–Trinajstić information content (AvgIpc) is 2.94. The molecule has 29 heavy (non-hydrogen) atoms. The second-order valence-electron chi connectivity index (χ2n) is 7.06. The first-order valence-corrected chi connectivity index (χ1v) is 9.28. The standard InChI is InChI=1S/C22H19N3O4/c1-13-6-7-14-11-15(20(27)24-18(14)10-13)8-9-23-19(26)12-25-21(28)16-4-2-3-5-17(16)22(25)29/h2-7,10-11H,8-9,12H2,1H3,(H,23,26)(H,24,27). The number of fused-ring (bicyclic) bond motifs is 2. The van der Waals surface area contributed by atoms with Gasteiger partial charge in [-0.1, -0.05) is 24.3 Å². The molecule has 1 aliphatic heterocycles. The largest absolute Gasteiger partial charge is 0.354 e. The highest BCUT2D eigenvalue weighted by molar-refractivity contribution is 6.22. The minimum absolute atomic E-state index is 0.197. The smallest absolute Gasteiger partial charge is 0.262 e. The third-order valence-electron chi connectivity index (χ3n) is 4.97. The number of aromatic nitrogens is 1. The van der Waals surface area contributed by atoms with E-state index in [1.165, 1.54) is 0 Å². The van der Waals surface area contributed by atoms with E-state index >= 15 is 0 Å². The lowest BCUT2D eigenvalue weighted by atomic mass is 10.1. The van der Waals surface area contributed by atoms with Gasteiger partial charge in [-0.15, -0.1) is 0 Å². The monoisotopic (exact) mass is 389 g/mol. The van der Waals surface area contributed by atoms with E-state index in [-0.39, 0.29) is 18.6 Å². The van der Waals surface area contributed by atoms with E-state index in [0.717, 1.165) is 21.4 Å². The predicted octanol–water partition coefficient (Wildman–Crippen LogP) is 1.79. The third-order valence-corrected chi connectivity index (χ3v) is 4.97. The maximum Gasteiger partial charge on any atom is 0.262 e. The zero-order valence-electron chi connectivity index (χ0n) is 15.8. The molecule has 3 aromatic rings. The molecule has 0 spiro atoms. The maximum absolute atomic E-state index is 12.3. The predicted molar refractivity (Wildman–Crippen MR) is 108 cm³/mol. The van der Waals surface area contributed by atoms with Gasteiger partial charge in [0, 0.05) is 17.6 Å². The van der Waals surface area contributed by atoms with E-state index in [1.807, 2.05) is 31.2 Å². The number of rotatable bonds is 5. The highest BCUT2D eigenvalue weighted by Gasteiger charge is 2.36. The zero-order chi connectivity index (χ0) is 20.5. The molecule has 2 heterocycles. The molecule has 0 unspecified atom stereocenters. The SMILES string of the molecule is Cc1ccc2cc(CCNC(=O)CN3C(=O)c4ccccc4C3=O)c(=O)[nH]c2c1. The Hall–Kier alpha value is -3.74. The van der Waals surface area contributed by atoms with Gasteiger partial charge in [0.15, 0.2) is 0 Å². The van der Waals surface area contributed by atoms with Crippen molar-refractivity contribution in [3.05, 3.63) is 81.1 Å². The summed E-state index contributed by atoms with van der Waals surface area (Å²) >= 11 is 0. The van der Waals surface area contributed by atoms with E-state index in [0.29, 0.717) is 23.1 Å². The number of hydrogen-bond acceptors (Lipinski definition) is 4. The number of H-pyrrole nitrogens is 1. The first-order valence-electron chi connectivity index (χ1n) is 9.28. The summed E-state index contributed by atoms with van der Waals surface area (Å²) in [5.41, 5.74) is 2.81. The summed E-state index contributed by atoms with van der Waals surface area (Å²) in [5, 5.41) is 3.59. The summed E-state index contributed by atoms with van der Waals surface area (Å²) in [6, 6.07) is 14.1. The lowest BCUT2D eigenvalue weighted by molar-refractivity contribution is -0.121. The Balaban J connectivity index is 1.37. The number of pyridine rings is 1. The number of benzene rings is 2. The van der Waals surface area contributed by atoms with Crippen molar-refractivity contribution in [3.63, 3.8) is 0 Å². The van der Waals surface area contributed by atoms with Crippen LogP contribution in [0.2, 0.25) is 0 Å². The van der Waals surface area contributed by atoms with Crippen molar-refractivity contribution in [1.82, 2.24) is 15.2 Å². The zero-order valence-corrected chi connectivity index (χ0v) is 15.8. The number of imide groups is 1. The molecule has 0 aliphatic carbocycles. The Morgan fingerprint density at radius 3 is 2.38 bits per heavy atom. The molecule has 0 bridgehead atoms. The van der Waals surface area contributed by atoms with Crippen molar-refractivity contribution in [2.24, 2.45) is 0 Å². The Kier molecular flexibility index (Phi) is 4.72. The topological polar surface area (TPSA) is 99.3 Å². The molecule has 1 aromatic heterocycles. The second kappa shape index (κ2) is 7.35. The van der Waals surface area contributed by atoms with Gasteiger partial charge in [-0.05, 0) is 48.6 Å². The van der Waals surface area contributed by atoms with Crippen LogP contribution in [0.4, 0.5) is 0 Å². The van der Waals surface area contributed by atoms with Crippen LogP contribution < -0.4 is 10.9 Å².